The highest BCUT2D eigenvalue weighted by molar-refractivity contribution is 6.32. The largest absolute Gasteiger partial charge is 0.495 e. The topological polar surface area (TPSA) is 46.6 Å². The molecule has 17 heavy (non-hydrogen) atoms. The highest BCUT2D eigenvalue weighted by atomic mass is 16.5. The summed E-state index contributed by atoms with van der Waals surface area (Å²) in [5.74, 6) is -0.0503. The predicted octanol–water partition coefficient (Wildman–Crippen LogP) is 1.90. The van der Waals surface area contributed by atoms with Crippen molar-refractivity contribution in [2.45, 2.75) is 13.8 Å². The molecule has 0 bridgehead atoms. The van der Waals surface area contributed by atoms with Crippen molar-refractivity contribution in [2.24, 2.45) is 0 Å². The zero-order valence-corrected chi connectivity index (χ0v) is 9.98. The van der Waals surface area contributed by atoms with E-state index >= 15 is 0 Å². The number of imide groups is 1. The van der Waals surface area contributed by atoms with Crippen LogP contribution in [-0.4, -0.2) is 18.9 Å². The number of para-hydroxylation sites is 2. The molecule has 4 nitrogen and oxygen atoms in total. The van der Waals surface area contributed by atoms with Gasteiger partial charge in [0, 0.05) is 11.1 Å². The first-order valence-corrected chi connectivity index (χ1v) is 5.27. The number of anilines is 1. The second-order valence-electron chi connectivity index (χ2n) is 3.87. The van der Waals surface area contributed by atoms with Crippen LogP contribution in [0.15, 0.2) is 35.4 Å². The molecular weight excluding hydrogens is 218 g/mol. The Morgan fingerprint density at radius 2 is 1.53 bits per heavy atom. The van der Waals surface area contributed by atoms with Crippen LogP contribution in [0.5, 0.6) is 5.75 Å². The lowest BCUT2D eigenvalue weighted by Gasteiger charge is -2.17. The van der Waals surface area contributed by atoms with Gasteiger partial charge in [-0.2, -0.15) is 0 Å². The fourth-order valence-electron chi connectivity index (χ4n) is 1.78. The summed E-state index contributed by atoms with van der Waals surface area (Å²) in [4.78, 5) is 25.1. The van der Waals surface area contributed by atoms with E-state index in [1.54, 1.807) is 38.1 Å². The molecule has 1 aromatic carbocycles. The van der Waals surface area contributed by atoms with Crippen molar-refractivity contribution in [3.63, 3.8) is 0 Å². The molecule has 0 saturated heterocycles. The van der Waals surface area contributed by atoms with Gasteiger partial charge in [-0.1, -0.05) is 12.1 Å². The van der Waals surface area contributed by atoms with Crippen molar-refractivity contribution in [3.05, 3.63) is 35.4 Å². The van der Waals surface area contributed by atoms with Crippen molar-refractivity contribution < 1.29 is 14.3 Å². The Bertz CT molecular complexity index is 507. The maximum atomic E-state index is 12.0. The third kappa shape index (κ3) is 1.62. The molecule has 88 valence electrons. The molecule has 0 atom stereocenters. The quantitative estimate of drug-likeness (QED) is 0.730. The van der Waals surface area contributed by atoms with E-state index in [9.17, 15) is 9.59 Å². The maximum Gasteiger partial charge on any atom is 0.261 e. The van der Waals surface area contributed by atoms with E-state index in [1.165, 1.54) is 7.11 Å². The van der Waals surface area contributed by atoms with Crippen LogP contribution in [0.1, 0.15) is 13.8 Å². The SMILES string of the molecule is COc1ccccc1N1C(=O)C(C)=C(C)C1=O. The van der Waals surface area contributed by atoms with Crippen molar-refractivity contribution in [1.29, 1.82) is 0 Å². The Hall–Kier alpha value is -2.10. The zero-order valence-electron chi connectivity index (χ0n) is 9.98. The fourth-order valence-corrected chi connectivity index (χ4v) is 1.78. The molecule has 0 unspecified atom stereocenters. The predicted molar refractivity (Wildman–Crippen MR) is 63.9 cm³/mol. The number of benzene rings is 1. The van der Waals surface area contributed by atoms with Gasteiger partial charge in [-0.05, 0) is 26.0 Å². The number of hydrogen-bond donors (Lipinski definition) is 0. The minimum absolute atomic E-state index is 0.281. The molecule has 0 spiro atoms. The second-order valence-corrected chi connectivity index (χ2v) is 3.87. The summed E-state index contributed by atoms with van der Waals surface area (Å²) in [5.41, 5.74) is 1.46. The van der Waals surface area contributed by atoms with Gasteiger partial charge < -0.3 is 4.74 Å². The molecule has 2 rings (SSSR count). The lowest BCUT2D eigenvalue weighted by atomic mass is 10.2. The van der Waals surface area contributed by atoms with Crippen LogP contribution in [0.4, 0.5) is 5.69 Å². The highest BCUT2D eigenvalue weighted by Gasteiger charge is 2.35. The van der Waals surface area contributed by atoms with Crippen LogP contribution in [0.25, 0.3) is 0 Å². The van der Waals surface area contributed by atoms with Crippen LogP contribution < -0.4 is 9.64 Å². The van der Waals surface area contributed by atoms with Crippen molar-refractivity contribution >= 4 is 17.5 Å². The van der Waals surface area contributed by atoms with Gasteiger partial charge >= 0.3 is 0 Å². The Kier molecular flexibility index (Phi) is 2.71. The number of ether oxygens (including phenoxy) is 1. The molecule has 2 amide bonds. The van der Waals surface area contributed by atoms with Gasteiger partial charge in [-0.25, -0.2) is 4.90 Å². The molecule has 1 aromatic rings. The minimum Gasteiger partial charge on any atom is -0.495 e. The fraction of sp³-hybridized carbons (Fsp3) is 0.231. The van der Waals surface area contributed by atoms with Crippen molar-refractivity contribution in [2.75, 3.05) is 12.0 Å². The van der Waals surface area contributed by atoms with Crippen LogP contribution in [0.2, 0.25) is 0 Å². The first-order chi connectivity index (χ1) is 8.07. The standard InChI is InChI=1S/C13H13NO3/c1-8-9(2)13(16)14(12(8)15)10-6-4-5-7-11(10)17-3/h4-7H,1-3H3. The van der Waals surface area contributed by atoms with E-state index in [-0.39, 0.29) is 11.8 Å². The number of methoxy groups -OCH3 is 1. The molecule has 0 fully saturated rings. The van der Waals surface area contributed by atoms with Crippen LogP contribution in [0, 0.1) is 0 Å². The van der Waals surface area contributed by atoms with Gasteiger partial charge in [0.15, 0.2) is 0 Å². The van der Waals surface area contributed by atoms with Crippen LogP contribution in [0.3, 0.4) is 0 Å². The molecule has 0 aromatic heterocycles. The molecule has 1 aliphatic rings. The number of rotatable bonds is 2. The van der Waals surface area contributed by atoms with Gasteiger partial charge in [0.2, 0.25) is 0 Å². The number of carbonyl (C=O) groups excluding carboxylic acids is 2. The Morgan fingerprint density at radius 3 is 2.06 bits per heavy atom. The summed E-state index contributed by atoms with van der Waals surface area (Å²) in [7, 11) is 1.51. The first kappa shape index (κ1) is 11.4. The number of hydrogen-bond acceptors (Lipinski definition) is 3. The summed E-state index contributed by atoms with van der Waals surface area (Å²) >= 11 is 0. The third-order valence-electron chi connectivity index (χ3n) is 2.94. The summed E-state index contributed by atoms with van der Waals surface area (Å²) in [5, 5.41) is 0. The Morgan fingerprint density at radius 1 is 1.00 bits per heavy atom. The summed E-state index contributed by atoms with van der Waals surface area (Å²) in [6, 6.07) is 6.97. The van der Waals surface area contributed by atoms with Gasteiger partial charge in [-0.15, -0.1) is 0 Å². The monoisotopic (exact) mass is 231 g/mol. The molecular formula is C13H13NO3. The second kappa shape index (κ2) is 4.05. The van der Waals surface area contributed by atoms with E-state index in [1.807, 2.05) is 0 Å². The van der Waals surface area contributed by atoms with Gasteiger partial charge in [-0.3, -0.25) is 9.59 Å². The molecule has 0 aliphatic carbocycles. The van der Waals surface area contributed by atoms with E-state index in [0.29, 0.717) is 22.6 Å². The number of amides is 2. The Labute approximate surface area is 99.5 Å². The normalized spacial score (nSPS) is 15.8. The average Bonchev–Trinajstić information content (AvgIpc) is 2.54. The van der Waals surface area contributed by atoms with E-state index in [4.69, 9.17) is 4.74 Å². The van der Waals surface area contributed by atoms with E-state index < -0.39 is 0 Å². The van der Waals surface area contributed by atoms with E-state index in [2.05, 4.69) is 0 Å². The molecule has 0 saturated carbocycles. The molecule has 0 N–H and O–H groups in total. The summed E-state index contributed by atoms with van der Waals surface area (Å²) < 4.78 is 5.16. The zero-order chi connectivity index (χ0) is 12.6. The summed E-state index contributed by atoms with van der Waals surface area (Å²) in [6.45, 7) is 3.32. The van der Waals surface area contributed by atoms with Gasteiger partial charge in [0.05, 0.1) is 12.8 Å². The number of carbonyl (C=O) groups is 2. The Balaban J connectivity index is 2.50. The van der Waals surface area contributed by atoms with Crippen LogP contribution >= 0.6 is 0 Å². The summed E-state index contributed by atoms with van der Waals surface area (Å²) in [6.07, 6.45) is 0. The van der Waals surface area contributed by atoms with Crippen molar-refractivity contribution in [3.8, 4) is 5.75 Å². The van der Waals surface area contributed by atoms with Crippen LogP contribution in [-0.2, 0) is 9.59 Å². The first-order valence-electron chi connectivity index (χ1n) is 5.27. The highest BCUT2D eigenvalue weighted by Crippen LogP contribution is 2.33. The third-order valence-corrected chi connectivity index (χ3v) is 2.94. The lowest BCUT2D eigenvalue weighted by molar-refractivity contribution is -0.120. The molecule has 1 aliphatic heterocycles. The smallest absolute Gasteiger partial charge is 0.261 e. The lowest BCUT2D eigenvalue weighted by Crippen LogP contribution is -2.31. The van der Waals surface area contributed by atoms with E-state index in [0.717, 1.165) is 4.90 Å². The number of nitrogens with zero attached hydrogens (tertiary/aromatic N) is 1. The van der Waals surface area contributed by atoms with Gasteiger partial charge in [0.25, 0.3) is 11.8 Å². The molecule has 0 radical (unpaired) electrons. The molecule has 4 heteroatoms. The van der Waals surface area contributed by atoms with Crippen molar-refractivity contribution in [1.82, 2.24) is 0 Å². The molecule has 1 heterocycles. The average molecular weight is 231 g/mol. The van der Waals surface area contributed by atoms with Gasteiger partial charge in [0.1, 0.15) is 5.75 Å². The minimum atomic E-state index is -0.281. The maximum absolute atomic E-state index is 12.0.